The number of hydrogen-bond acceptors (Lipinski definition) is 6. The lowest BCUT2D eigenvalue weighted by molar-refractivity contribution is -0.142. The summed E-state index contributed by atoms with van der Waals surface area (Å²) in [6.45, 7) is 0.883. The first-order valence-corrected chi connectivity index (χ1v) is 10.6. The van der Waals surface area contributed by atoms with Gasteiger partial charge < -0.3 is 23.8 Å². The number of carbonyl (C=O) groups excluding carboxylic acids is 1. The Labute approximate surface area is 183 Å². The molecule has 0 spiro atoms. The fourth-order valence-corrected chi connectivity index (χ4v) is 4.80. The van der Waals surface area contributed by atoms with E-state index in [1.165, 1.54) is 5.56 Å². The molecule has 0 unspecified atom stereocenters. The van der Waals surface area contributed by atoms with Crippen LogP contribution in [0.15, 0.2) is 60.4 Å². The maximum absolute atomic E-state index is 12.3. The number of para-hydroxylation sites is 1. The molecule has 0 bridgehead atoms. The lowest BCUT2D eigenvalue weighted by Gasteiger charge is -2.40. The molecule has 1 aliphatic carbocycles. The Hall–Kier alpha value is -2.99. The minimum atomic E-state index is -0.380. The third kappa shape index (κ3) is 4.26. The fourth-order valence-electron chi connectivity index (χ4n) is 4.80. The molecule has 1 aliphatic heterocycles. The second kappa shape index (κ2) is 9.02. The molecular weight excluding hydrogens is 394 g/mol. The highest BCUT2D eigenvalue weighted by atomic mass is 16.6. The molecule has 0 amide bonds. The zero-order chi connectivity index (χ0) is 21.8. The number of likely N-dealkylation sites (tertiary alicyclic amines) is 1. The highest BCUT2D eigenvalue weighted by Crippen LogP contribution is 2.49. The van der Waals surface area contributed by atoms with E-state index in [-0.39, 0.29) is 24.0 Å². The Kier molecular flexibility index (Phi) is 6.18. The first-order valence-electron chi connectivity index (χ1n) is 10.6. The van der Waals surface area contributed by atoms with Gasteiger partial charge in [0.05, 0.1) is 14.2 Å². The van der Waals surface area contributed by atoms with E-state index in [1.54, 1.807) is 14.2 Å². The molecule has 1 saturated heterocycles. The van der Waals surface area contributed by atoms with E-state index < -0.39 is 0 Å². The van der Waals surface area contributed by atoms with Gasteiger partial charge in [-0.2, -0.15) is 0 Å². The van der Waals surface area contributed by atoms with Gasteiger partial charge in [0.25, 0.3) is 0 Å². The summed E-state index contributed by atoms with van der Waals surface area (Å²) >= 11 is 0. The van der Waals surface area contributed by atoms with Crippen molar-refractivity contribution in [2.45, 2.75) is 30.7 Å². The fraction of sp³-hybridized carbons (Fsp3) is 0.400. The molecule has 1 fully saturated rings. The van der Waals surface area contributed by atoms with Crippen LogP contribution in [0.25, 0.3) is 0 Å². The molecule has 4 rings (SSSR count). The van der Waals surface area contributed by atoms with Crippen molar-refractivity contribution in [2.75, 3.05) is 34.4 Å². The summed E-state index contributed by atoms with van der Waals surface area (Å²) in [6.07, 6.45) is 4.59. The van der Waals surface area contributed by atoms with Gasteiger partial charge in [-0.05, 0) is 62.3 Å². The van der Waals surface area contributed by atoms with Crippen LogP contribution < -0.4 is 14.2 Å². The zero-order valence-corrected chi connectivity index (χ0v) is 18.3. The molecule has 6 nitrogen and oxygen atoms in total. The average Bonchev–Trinajstić information content (AvgIpc) is 3.15. The number of fused-ring (bicyclic) bond motifs is 1. The smallest absolute Gasteiger partial charge is 0.349 e. The summed E-state index contributed by atoms with van der Waals surface area (Å²) in [4.78, 5) is 14.7. The quantitative estimate of drug-likeness (QED) is 0.629. The number of allylic oxidation sites excluding steroid dienone is 1. The lowest BCUT2D eigenvalue weighted by Crippen LogP contribution is -2.43. The van der Waals surface area contributed by atoms with E-state index in [2.05, 4.69) is 30.2 Å². The predicted molar refractivity (Wildman–Crippen MR) is 118 cm³/mol. The average molecular weight is 424 g/mol. The maximum atomic E-state index is 12.3. The summed E-state index contributed by atoms with van der Waals surface area (Å²) in [5.74, 6) is 2.46. The number of esters is 1. The minimum absolute atomic E-state index is 0.0370. The van der Waals surface area contributed by atoms with Crippen LogP contribution in [0, 0.1) is 0 Å². The second-order valence-electron chi connectivity index (χ2n) is 8.13. The van der Waals surface area contributed by atoms with Crippen molar-refractivity contribution in [1.82, 2.24) is 4.90 Å². The summed E-state index contributed by atoms with van der Waals surface area (Å²) in [6, 6.07) is 15.7. The molecule has 0 saturated carbocycles. The van der Waals surface area contributed by atoms with Crippen molar-refractivity contribution in [3.63, 3.8) is 0 Å². The van der Waals surface area contributed by atoms with E-state index in [4.69, 9.17) is 18.9 Å². The Bertz CT molecular complexity index is 958. The number of carbonyl (C=O) groups is 1. The number of benzene rings is 2. The Balaban J connectivity index is 1.49. The number of methoxy groups -OCH3 is 2. The van der Waals surface area contributed by atoms with Crippen LogP contribution in [0.4, 0.5) is 0 Å². The van der Waals surface area contributed by atoms with E-state index in [9.17, 15) is 4.79 Å². The minimum Gasteiger partial charge on any atom is -0.493 e. The molecular formula is C25H29NO5. The maximum Gasteiger partial charge on any atom is 0.349 e. The monoisotopic (exact) mass is 423 g/mol. The van der Waals surface area contributed by atoms with Crippen LogP contribution in [-0.2, 0) is 14.9 Å². The van der Waals surface area contributed by atoms with Crippen molar-refractivity contribution < 1.29 is 23.7 Å². The van der Waals surface area contributed by atoms with Crippen LogP contribution >= 0.6 is 0 Å². The number of rotatable bonds is 7. The highest BCUT2D eigenvalue weighted by Gasteiger charge is 2.49. The summed E-state index contributed by atoms with van der Waals surface area (Å²) < 4.78 is 22.1. The number of hydrogen-bond donors (Lipinski definition) is 0. The lowest BCUT2D eigenvalue weighted by atomic mass is 9.68. The van der Waals surface area contributed by atoms with Crippen molar-refractivity contribution in [2.24, 2.45) is 0 Å². The van der Waals surface area contributed by atoms with Crippen molar-refractivity contribution in [3.8, 4) is 17.2 Å². The number of nitrogens with zero attached hydrogens (tertiary/aromatic N) is 1. The van der Waals surface area contributed by atoms with Gasteiger partial charge in [0.1, 0.15) is 11.5 Å². The van der Waals surface area contributed by atoms with Gasteiger partial charge in [-0.1, -0.05) is 24.3 Å². The molecule has 164 valence electrons. The van der Waals surface area contributed by atoms with Crippen molar-refractivity contribution >= 4 is 5.97 Å². The molecule has 31 heavy (non-hydrogen) atoms. The number of likely N-dealkylation sites (N-methyl/N-ethyl adjacent to an activating group) is 1. The zero-order valence-electron chi connectivity index (χ0n) is 18.3. The standard InChI is InChI=1S/C25H29NO5/c1-26-14-13-25(18-9-10-21(28-2)22(15-18)29-3)12-11-20(16-23(25)26)31-24(27)17-30-19-7-5-4-6-8-19/h4-11,15,23H,12-14,16-17H2,1-3H3/t23-,25-/m0/s1. The third-order valence-electron chi connectivity index (χ3n) is 6.47. The highest BCUT2D eigenvalue weighted by molar-refractivity contribution is 5.72. The van der Waals surface area contributed by atoms with Crippen LogP contribution in [0.3, 0.4) is 0 Å². The predicted octanol–water partition coefficient (Wildman–Crippen LogP) is 3.95. The molecule has 0 aromatic heterocycles. The molecule has 2 atom stereocenters. The summed E-state index contributed by atoms with van der Waals surface area (Å²) in [5, 5.41) is 0. The summed E-state index contributed by atoms with van der Waals surface area (Å²) in [7, 11) is 5.44. The number of ether oxygens (including phenoxy) is 4. The van der Waals surface area contributed by atoms with Gasteiger partial charge in [0, 0.05) is 17.9 Å². The van der Waals surface area contributed by atoms with Crippen LogP contribution in [0.1, 0.15) is 24.8 Å². The van der Waals surface area contributed by atoms with Gasteiger partial charge >= 0.3 is 5.97 Å². The Morgan fingerprint density at radius 3 is 2.61 bits per heavy atom. The normalized spacial score (nSPS) is 22.9. The second-order valence-corrected chi connectivity index (χ2v) is 8.13. The first-order chi connectivity index (χ1) is 15.1. The molecule has 0 radical (unpaired) electrons. The van der Waals surface area contributed by atoms with E-state index in [0.29, 0.717) is 12.2 Å². The van der Waals surface area contributed by atoms with Gasteiger partial charge in [-0.15, -0.1) is 0 Å². The van der Waals surface area contributed by atoms with E-state index >= 15 is 0 Å². The van der Waals surface area contributed by atoms with E-state index in [0.717, 1.165) is 36.6 Å². The molecule has 6 heteroatoms. The van der Waals surface area contributed by atoms with Crippen LogP contribution in [-0.4, -0.2) is 51.3 Å². The Morgan fingerprint density at radius 1 is 1.10 bits per heavy atom. The third-order valence-corrected chi connectivity index (χ3v) is 6.47. The van der Waals surface area contributed by atoms with Gasteiger partial charge in [-0.3, -0.25) is 0 Å². The Morgan fingerprint density at radius 2 is 1.87 bits per heavy atom. The molecule has 0 N–H and O–H groups in total. The molecule has 1 heterocycles. The molecule has 2 aromatic rings. The topological polar surface area (TPSA) is 57.2 Å². The van der Waals surface area contributed by atoms with Gasteiger partial charge in [0.15, 0.2) is 18.1 Å². The van der Waals surface area contributed by atoms with Crippen molar-refractivity contribution in [1.29, 1.82) is 0 Å². The largest absolute Gasteiger partial charge is 0.493 e. The first kappa shape index (κ1) is 21.2. The van der Waals surface area contributed by atoms with Gasteiger partial charge in [-0.25, -0.2) is 4.79 Å². The summed E-state index contributed by atoms with van der Waals surface area (Å²) in [5.41, 5.74) is 1.19. The SMILES string of the molecule is COc1ccc([C@@]23CC=C(OC(=O)COc4ccccc4)C[C@@H]2N(C)CC3)cc1OC. The van der Waals surface area contributed by atoms with Crippen LogP contribution in [0.5, 0.6) is 17.2 Å². The van der Waals surface area contributed by atoms with E-state index in [1.807, 2.05) is 36.4 Å². The van der Waals surface area contributed by atoms with Crippen LogP contribution in [0.2, 0.25) is 0 Å². The van der Waals surface area contributed by atoms with Crippen molar-refractivity contribution in [3.05, 3.63) is 65.9 Å². The molecule has 2 aromatic carbocycles. The van der Waals surface area contributed by atoms with Gasteiger partial charge in [0.2, 0.25) is 0 Å². The molecule has 2 aliphatic rings.